The van der Waals surface area contributed by atoms with Gasteiger partial charge in [0.05, 0.1) is 51.3 Å². The van der Waals surface area contributed by atoms with E-state index >= 15 is 0 Å². The zero-order valence-corrected chi connectivity index (χ0v) is 22.7. The van der Waals surface area contributed by atoms with Crippen molar-refractivity contribution in [3.63, 3.8) is 0 Å². The summed E-state index contributed by atoms with van der Waals surface area (Å²) in [6.45, 7) is 5.44. The number of carbonyl (C=O) groups is 2. The Morgan fingerprint density at radius 3 is 2.08 bits per heavy atom. The largest absolute Gasteiger partial charge is 0.390 e. The lowest BCUT2D eigenvalue weighted by Gasteiger charge is -2.40. The molecule has 1 fully saturated rings. The number of thiol groups is 1. The van der Waals surface area contributed by atoms with E-state index in [1.54, 1.807) is 6.92 Å². The van der Waals surface area contributed by atoms with Gasteiger partial charge in [-0.3, -0.25) is 9.59 Å². The summed E-state index contributed by atoms with van der Waals surface area (Å²) >= 11 is 3.97. The lowest BCUT2D eigenvalue weighted by Crippen LogP contribution is -2.55. The van der Waals surface area contributed by atoms with E-state index in [0.717, 1.165) is 0 Å². The molecule has 1 aliphatic heterocycles. The van der Waals surface area contributed by atoms with E-state index in [2.05, 4.69) is 23.3 Å². The molecule has 0 bridgehead atoms. The van der Waals surface area contributed by atoms with Crippen LogP contribution in [0.1, 0.15) is 19.8 Å². The first-order valence-electron chi connectivity index (χ1n) is 12.6. The second-order valence-corrected chi connectivity index (χ2v) is 8.97. The van der Waals surface area contributed by atoms with Crippen LogP contribution >= 0.6 is 12.6 Å². The summed E-state index contributed by atoms with van der Waals surface area (Å²) in [5.74, 6) is -0.535. The number of nitrogens with one attached hydrogen (secondary N) is 2. The van der Waals surface area contributed by atoms with Crippen molar-refractivity contribution in [1.29, 1.82) is 0 Å². The van der Waals surface area contributed by atoms with Crippen LogP contribution in [0.4, 0.5) is 0 Å². The van der Waals surface area contributed by atoms with Gasteiger partial charge in [-0.25, -0.2) is 0 Å². The minimum Gasteiger partial charge on any atom is -0.390 e. The van der Waals surface area contributed by atoms with Crippen LogP contribution in [0, 0.1) is 5.92 Å². The SMILES string of the molecule is CO[C@@H]1OC(COCC(=O)NCCCOCCOCCOCCCNC(=O)C(N)CS)[C@@H](C)[C@H](O)C1O. The fourth-order valence-corrected chi connectivity index (χ4v) is 3.48. The van der Waals surface area contributed by atoms with Crippen LogP contribution < -0.4 is 16.4 Å². The average molecular weight is 556 g/mol. The van der Waals surface area contributed by atoms with Gasteiger partial charge in [0.1, 0.15) is 12.7 Å². The highest BCUT2D eigenvalue weighted by molar-refractivity contribution is 7.80. The summed E-state index contributed by atoms with van der Waals surface area (Å²) in [5, 5.41) is 25.4. The summed E-state index contributed by atoms with van der Waals surface area (Å²) in [6.07, 6.45) is -2.23. The fourth-order valence-electron chi connectivity index (χ4n) is 3.32. The molecule has 13 nitrogen and oxygen atoms in total. The number of amides is 2. The monoisotopic (exact) mass is 555 g/mol. The van der Waals surface area contributed by atoms with Crippen molar-refractivity contribution < 1.29 is 48.2 Å². The van der Waals surface area contributed by atoms with Crippen molar-refractivity contribution in [2.45, 2.75) is 50.4 Å². The first kappa shape index (κ1) is 34.0. The third-order valence-electron chi connectivity index (χ3n) is 5.64. The number of hydrogen-bond acceptors (Lipinski definition) is 12. The molecule has 0 saturated carbocycles. The second-order valence-electron chi connectivity index (χ2n) is 8.61. The summed E-state index contributed by atoms with van der Waals surface area (Å²) < 4.78 is 32.3. The van der Waals surface area contributed by atoms with Crippen LogP contribution in [0.25, 0.3) is 0 Å². The zero-order valence-electron chi connectivity index (χ0n) is 21.8. The van der Waals surface area contributed by atoms with Gasteiger partial charge in [0, 0.05) is 45.1 Å². The number of rotatable bonds is 21. The van der Waals surface area contributed by atoms with E-state index in [4.69, 9.17) is 34.2 Å². The van der Waals surface area contributed by atoms with Crippen molar-refractivity contribution in [3.05, 3.63) is 0 Å². The molecule has 6 atom stereocenters. The molecule has 1 saturated heterocycles. The van der Waals surface area contributed by atoms with Gasteiger partial charge < -0.3 is 55.0 Å². The van der Waals surface area contributed by atoms with E-state index in [9.17, 15) is 19.8 Å². The molecule has 218 valence electrons. The molecule has 37 heavy (non-hydrogen) atoms. The van der Waals surface area contributed by atoms with Crippen LogP contribution in [0.3, 0.4) is 0 Å². The number of aliphatic hydroxyl groups is 2. The zero-order chi connectivity index (χ0) is 27.5. The number of ether oxygens (including phenoxy) is 6. The van der Waals surface area contributed by atoms with Crippen molar-refractivity contribution in [2.75, 3.05) is 78.8 Å². The number of carbonyl (C=O) groups excluding carboxylic acids is 2. The average Bonchev–Trinajstić information content (AvgIpc) is 2.90. The molecule has 0 aromatic rings. The molecule has 6 N–H and O–H groups in total. The van der Waals surface area contributed by atoms with Crippen LogP contribution in [0.2, 0.25) is 0 Å². The highest BCUT2D eigenvalue weighted by atomic mass is 32.1. The molecule has 14 heteroatoms. The number of nitrogens with two attached hydrogens (primary N) is 1. The minimum atomic E-state index is -1.13. The number of aliphatic hydroxyl groups excluding tert-OH is 2. The van der Waals surface area contributed by atoms with Gasteiger partial charge in [0.15, 0.2) is 6.29 Å². The van der Waals surface area contributed by atoms with Gasteiger partial charge in [-0.15, -0.1) is 0 Å². The minimum absolute atomic E-state index is 0.0937. The number of methoxy groups -OCH3 is 1. The molecule has 0 aromatic carbocycles. The normalized spacial score (nSPS) is 24.5. The van der Waals surface area contributed by atoms with Crippen molar-refractivity contribution in [3.8, 4) is 0 Å². The van der Waals surface area contributed by atoms with Crippen LogP contribution in [0.15, 0.2) is 0 Å². The Morgan fingerprint density at radius 2 is 1.51 bits per heavy atom. The smallest absolute Gasteiger partial charge is 0.246 e. The van der Waals surface area contributed by atoms with Gasteiger partial charge in [0.25, 0.3) is 0 Å². The molecule has 2 amide bonds. The predicted octanol–water partition coefficient (Wildman–Crippen LogP) is -1.95. The standard InChI is InChI=1S/C23H45N3O10S/c1-16-18(36-23(31-2)21(29)20(16)28)13-35-14-19(27)25-5-3-7-32-9-11-34-12-10-33-8-4-6-26-22(30)17(24)15-37/h16-18,20-21,23,28-29,37H,3-15,24H2,1-2H3,(H,25,27)(H,26,30)/t16-,17?,18?,20+,21?,23-/m1/s1. The molecule has 1 aliphatic rings. The fraction of sp³-hybridized carbons (Fsp3) is 0.913. The Balaban J connectivity index is 1.88. The summed E-state index contributed by atoms with van der Waals surface area (Å²) in [5.41, 5.74) is 5.55. The Kier molecular flexibility index (Phi) is 19.1. The maximum Gasteiger partial charge on any atom is 0.246 e. The maximum atomic E-state index is 11.9. The molecule has 0 spiro atoms. The topological polar surface area (TPSA) is 180 Å². The summed E-state index contributed by atoms with van der Waals surface area (Å²) in [4.78, 5) is 23.4. The van der Waals surface area contributed by atoms with Crippen molar-refractivity contribution in [2.24, 2.45) is 11.7 Å². The molecule has 3 unspecified atom stereocenters. The van der Waals surface area contributed by atoms with Gasteiger partial charge in [-0.1, -0.05) is 6.92 Å². The van der Waals surface area contributed by atoms with E-state index in [1.807, 2.05) is 0 Å². The predicted molar refractivity (Wildman–Crippen MR) is 137 cm³/mol. The highest BCUT2D eigenvalue weighted by Gasteiger charge is 2.42. The van der Waals surface area contributed by atoms with Gasteiger partial charge >= 0.3 is 0 Å². The molecular formula is C23H45N3O10S. The van der Waals surface area contributed by atoms with Crippen LogP contribution in [0.5, 0.6) is 0 Å². The van der Waals surface area contributed by atoms with E-state index in [0.29, 0.717) is 71.3 Å². The van der Waals surface area contributed by atoms with Gasteiger partial charge in [-0.2, -0.15) is 12.6 Å². The van der Waals surface area contributed by atoms with Crippen LogP contribution in [-0.4, -0.2) is 131 Å². The first-order valence-corrected chi connectivity index (χ1v) is 13.2. The Morgan fingerprint density at radius 1 is 0.946 bits per heavy atom. The lowest BCUT2D eigenvalue weighted by molar-refractivity contribution is -0.282. The third kappa shape index (κ3) is 14.6. The Bertz CT molecular complexity index is 619. The first-order chi connectivity index (χ1) is 17.8. The molecule has 1 rings (SSSR count). The van der Waals surface area contributed by atoms with Crippen molar-refractivity contribution in [1.82, 2.24) is 10.6 Å². The van der Waals surface area contributed by atoms with Crippen LogP contribution in [-0.2, 0) is 38.0 Å². The summed E-state index contributed by atoms with van der Waals surface area (Å²) in [6, 6.07) is -0.588. The van der Waals surface area contributed by atoms with E-state index in [-0.39, 0.29) is 30.9 Å². The quantitative estimate of drug-likeness (QED) is 0.0685. The molecule has 0 aromatic heterocycles. The van der Waals surface area contributed by atoms with Gasteiger partial charge in [0.2, 0.25) is 11.8 Å². The lowest BCUT2D eigenvalue weighted by atomic mass is 9.91. The maximum absolute atomic E-state index is 11.9. The molecule has 0 radical (unpaired) electrons. The number of hydrogen-bond donors (Lipinski definition) is 6. The third-order valence-corrected chi connectivity index (χ3v) is 6.03. The second kappa shape index (κ2) is 20.8. The highest BCUT2D eigenvalue weighted by Crippen LogP contribution is 2.26. The Hall–Kier alpha value is -1.07. The van der Waals surface area contributed by atoms with Gasteiger partial charge in [-0.05, 0) is 12.8 Å². The van der Waals surface area contributed by atoms with E-state index in [1.165, 1.54) is 7.11 Å². The van der Waals surface area contributed by atoms with E-state index < -0.39 is 30.6 Å². The van der Waals surface area contributed by atoms with Crippen molar-refractivity contribution >= 4 is 24.4 Å². The molecular weight excluding hydrogens is 510 g/mol. The molecule has 0 aliphatic carbocycles. The summed E-state index contributed by atoms with van der Waals surface area (Å²) in [7, 11) is 1.38. The molecule has 1 heterocycles. The Labute approximate surface area is 224 Å².